The molecule has 5 rings (SSSR count). The molecule has 1 atom stereocenters. The molecule has 3 heterocycles. The highest BCUT2D eigenvalue weighted by Gasteiger charge is 2.54. The molecule has 2 aromatic carbocycles. The standard InChI is InChI=1S/C29H32N4O3/c1-2-20-36-28(23-10-5-3-6-11-23)15-18-32(19-16-28)22-33-26(34)29(31-27(33)35,24-12-7-4-8-13-24)25-14-9-17-30-21-25/h3-14,17,21H,2,15-16,18-20,22H2,1H3,(H,31,35). The molecule has 0 bridgehead atoms. The number of pyridine rings is 1. The van der Waals surface area contributed by atoms with Crippen LogP contribution in [0.3, 0.4) is 0 Å². The van der Waals surface area contributed by atoms with E-state index in [1.165, 1.54) is 10.5 Å². The van der Waals surface area contributed by atoms with Crippen molar-refractivity contribution in [3.63, 3.8) is 0 Å². The lowest BCUT2D eigenvalue weighted by Gasteiger charge is -2.42. The molecule has 186 valence electrons. The summed E-state index contributed by atoms with van der Waals surface area (Å²) in [5.41, 5.74) is 0.919. The molecule has 0 spiro atoms. The first-order valence-electron chi connectivity index (χ1n) is 12.6. The number of hydrogen-bond acceptors (Lipinski definition) is 5. The predicted molar refractivity (Wildman–Crippen MR) is 137 cm³/mol. The Morgan fingerprint density at radius 3 is 2.14 bits per heavy atom. The van der Waals surface area contributed by atoms with E-state index in [9.17, 15) is 9.59 Å². The third-order valence-electron chi connectivity index (χ3n) is 7.29. The molecule has 0 radical (unpaired) electrons. The van der Waals surface area contributed by atoms with Crippen molar-refractivity contribution in [3.05, 3.63) is 102 Å². The molecule has 2 aliphatic rings. The fourth-order valence-electron chi connectivity index (χ4n) is 5.35. The molecule has 1 unspecified atom stereocenters. The number of carbonyl (C=O) groups excluding carboxylic acids is 2. The number of benzene rings is 2. The number of ether oxygens (including phenoxy) is 1. The van der Waals surface area contributed by atoms with Crippen LogP contribution >= 0.6 is 0 Å². The molecule has 0 saturated carbocycles. The molecule has 7 nitrogen and oxygen atoms in total. The zero-order valence-corrected chi connectivity index (χ0v) is 20.6. The normalized spacial score (nSPS) is 22.0. The van der Waals surface area contributed by atoms with E-state index in [-0.39, 0.29) is 18.2 Å². The van der Waals surface area contributed by atoms with Crippen LogP contribution in [0.4, 0.5) is 4.79 Å². The van der Waals surface area contributed by atoms with Crippen molar-refractivity contribution in [3.8, 4) is 0 Å². The quantitative estimate of drug-likeness (QED) is 0.484. The van der Waals surface area contributed by atoms with Crippen LogP contribution in [-0.2, 0) is 20.7 Å². The first-order valence-corrected chi connectivity index (χ1v) is 12.6. The Balaban J connectivity index is 1.37. The van der Waals surface area contributed by atoms with Gasteiger partial charge in [0.05, 0.1) is 12.3 Å². The van der Waals surface area contributed by atoms with Gasteiger partial charge in [-0.05, 0) is 36.5 Å². The number of aromatic nitrogens is 1. The van der Waals surface area contributed by atoms with Crippen molar-refractivity contribution < 1.29 is 14.3 Å². The van der Waals surface area contributed by atoms with Crippen LogP contribution in [0, 0.1) is 0 Å². The fraction of sp³-hybridized carbons (Fsp3) is 0.345. The van der Waals surface area contributed by atoms with Crippen LogP contribution in [0.2, 0.25) is 0 Å². The number of nitrogens with zero attached hydrogens (tertiary/aromatic N) is 3. The minimum Gasteiger partial charge on any atom is -0.370 e. The lowest BCUT2D eigenvalue weighted by Crippen LogP contribution is -2.50. The van der Waals surface area contributed by atoms with E-state index in [0.29, 0.717) is 17.7 Å². The van der Waals surface area contributed by atoms with Crippen LogP contribution in [0.5, 0.6) is 0 Å². The van der Waals surface area contributed by atoms with Gasteiger partial charge in [0.2, 0.25) is 0 Å². The molecule has 36 heavy (non-hydrogen) atoms. The zero-order valence-electron chi connectivity index (χ0n) is 20.6. The minimum atomic E-state index is -1.29. The number of carbonyl (C=O) groups is 2. The first-order chi connectivity index (χ1) is 17.6. The molecular formula is C29H32N4O3. The van der Waals surface area contributed by atoms with Gasteiger partial charge in [-0.1, -0.05) is 73.7 Å². The highest BCUT2D eigenvalue weighted by Crippen LogP contribution is 2.39. The number of likely N-dealkylation sites (tertiary alicyclic amines) is 1. The number of hydrogen-bond donors (Lipinski definition) is 1. The Hall–Kier alpha value is -3.55. The summed E-state index contributed by atoms with van der Waals surface area (Å²) >= 11 is 0. The van der Waals surface area contributed by atoms with E-state index in [4.69, 9.17) is 4.74 Å². The number of urea groups is 1. The summed E-state index contributed by atoms with van der Waals surface area (Å²) in [5, 5.41) is 3.01. The molecule has 7 heteroatoms. The van der Waals surface area contributed by atoms with E-state index in [1.54, 1.807) is 18.5 Å². The topological polar surface area (TPSA) is 74.8 Å². The second-order valence-electron chi connectivity index (χ2n) is 9.49. The van der Waals surface area contributed by atoms with Gasteiger partial charge in [0.25, 0.3) is 5.91 Å². The van der Waals surface area contributed by atoms with Gasteiger partial charge in [-0.25, -0.2) is 9.69 Å². The summed E-state index contributed by atoms with van der Waals surface area (Å²) in [7, 11) is 0. The van der Waals surface area contributed by atoms with Crippen LogP contribution in [-0.4, -0.2) is 53.1 Å². The minimum absolute atomic E-state index is 0.234. The van der Waals surface area contributed by atoms with Crippen LogP contribution in [0.25, 0.3) is 0 Å². The number of amides is 3. The van der Waals surface area contributed by atoms with Crippen LogP contribution in [0.1, 0.15) is 42.9 Å². The van der Waals surface area contributed by atoms with Gasteiger partial charge in [-0.2, -0.15) is 0 Å². The Bertz CT molecular complexity index is 1140. The third kappa shape index (κ3) is 4.29. The molecule has 2 aliphatic heterocycles. The Kier molecular flexibility index (Phi) is 6.85. The maximum atomic E-state index is 14.0. The van der Waals surface area contributed by atoms with Gasteiger partial charge in [0, 0.05) is 37.7 Å². The van der Waals surface area contributed by atoms with Crippen molar-refractivity contribution in [1.29, 1.82) is 0 Å². The molecule has 3 amide bonds. The highest BCUT2D eigenvalue weighted by atomic mass is 16.5. The second-order valence-corrected chi connectivity index (χ2v) is 9.49. The average molecular weight is 485 g/mol. The highest BCUT2D eigenvalue weighted by molar-refractivity contribution is 6.09. The van der Waals surface area contributed by atoms with Crippen molar-refractivity contribution in [2.24, 2.45) is 0 Å². The first kappa shape index (κ1) is 24.2. The maximum Gasteiger partial charge on any atom is 0.326 e. The number of nitrogens with one attached hydrogen (secondary N) is 1. The van der Waals surface area contributed by atoms with Crippen molar-refractivity contribution in [2.45, 2.75) is 37.3 Å². The van der Waals surface area contributed by atoms with Gasteiger partial charge in [0.1, 0.15) is 0 Å². The number of imide groups is 1. The van der Waals surface area contributed by atoms with Crippen molar-refractivity contribution in [2.75, 3.05) is 26.4 Å². The van der Waals surface area contributed by atoms with Crippen LogP contribution in [0.15, 0.2) is 85.2 Å². The summed E-state index contributed by atoms with van der Waals surface area (Å²) in [6, 6.07) is 23.0. The maximum absolute atomic E-state index is 14.0. The van der Waals surface area contributed by atoms with Gasteiger partial charge in [-0.15, -0.1) is 0 Å². The summed E-state index contributed by atoms with van der Waals surface area (Å²) in [5.74, 6) is -0.283. The van der Waals surface area contributed by atoms with Gasteiger partial charge in [0.15, 0.2) is 5.54 Å². The monoisotopic (exact) mass is 484 g/mol. The SMILES string of the molecule is CCCOC1(c2ccccc2)CCN(CN2C(=O)NC(c3ccccc3)(c3cccnc3)C2=O)CC1. The number of piperidine rings is 1. The van der Waals surface area contributed by atoms with E-state index in [1.807, 2.05) is 54.6 Å². The summed E-state index contributed by atoms with van der Waals surface area (Å²) in [6.07, 6.45) is 5.86. The summed E-state index contributed by atoms with van der Waals surface area (Å²) in [6.45, 7) is 4.50. The van der Waals surface area contributed by atoms with E-state index in [0.717, 1.165) is 32.4 Å². The van der Waals surface area contributed by atoms with E-state index >= 15 is 0 Å². The van der Waals surface area contributed by atoms with Gasteiger partial charge < -0.3 is 10.1 Å². The second kappa shape index (κ2) is 10.2. The van der Waals surface area contributed by atoms with E-state index in [2.05, 4.69) is 34.3 Å². The van der Waals surface area contributed by atoms with Crippen molar-refractivity contribution >= 4 is 11.9 Å². The lowest BCUT2D eigenvalue weighted by molar-refractivity contribution is -0.133. The molecule has 1 aromatic heterocycles. The largest absolute Gasteiger partial charge is 0.370 e. The summed E-state index contributed by atoms with van der Waals surface area (Å²) in [4.78, 5) is 34.9. The molecule has 1 N–H and O–H groups in total. The van der Waals surface area contributed by atoms with E-state index < -0.39 is 11.6 Å². The van der Waals surface area contributed by atoms with Gasteiger partial charge >= 0.3 is 6.03 Å². The predicted octanol–water partition coefficient (Wildman–Crippen LogP) is 4.25. The lowest BCUT2D eigenvalue weighted by atomic mass is 9.83. The third-order valence-corrected chi connectivity index (χ3v) is 7.29. The fourth-order valence-corrected chi connectivity index (χ4v) is 5.35. The summed E-state index contributed by atoms with van der Waals surface area (Å²) < 4.78 is 6.42. The van der Waals surface area contributed by atoms with Crippen molar-refractivity contribution in [1.82, 2.24) is 20.1 Å². The zero-order chi connectivity index (χ0) is 25.0. The molecule has 3 aromatic rings. The number of rotatable bonds is 8. The Labute approximate surface area is 212 Å². The average Bonchev–Trinajstić information content (AvgIpc) is 3.20. The smallest absolute Gasteiger partial charge is 0.326 e. The van der Waals surface area contributed by atoms with Crippen LogP contribution < -0.4 is 5.32 Å². The Morgan fingerprint density at radius 2 is 1.53 bits per heavy atom. The molecule has 0 aliphatic carbocycles. The molecule has 2 fully saturated rings. The van der Waals surface area contributed by atoms with Gasteiger partial charge in [-0.3, -0.25) is 14.7 Å². The molecular weight excluding hydrogens is 452 g/mol. The molecule has 2 saturated heterocycles. The Morgan fingerprint density at radius 1 is 0.889 bits per heavy atom.